The van der Waals surface area contributed by atoms with Crippen LogP contribution in [0.25, 0.3) is 49.4 Å². The van der Waals surface area contributed by atoms with Crippen molar-refractivity contribution < 1.29 is 0 Å². The molecule has 0 unspecified atom stereocenters. The van der Waals surface area contributed by atoms with Gasteiger partial charge in [0.15, 0.2) is 0 Å². The summed E-state index contributed by atoms with van der Waals surface area (Å²) >= 11 is 0. The topological polar surface area (TPSA) is 4.93 Å². The summed E-state index contributed by atoms with van der Waals surface area (Å²) in [5.74, 6) is 0. The van der Waals surface area contributed by atoms with Crippen molar-refractivity contribution in [3.8, 4) is 16.8 Å². The Morgan fingerprint density at radius 1 is 0.562 bits per heavy atom. The summed E-state index contributed by atoms with van der Waals surface area (Å²) in [7, 11) is 0. The fraction of sp³-hybridized carbons (Fsp3) is 0.0968. The number of para-hydroxylation sites is 1. The molecule has 1 heteroatoms. The molecule has 1 aliphatic rings. The Morgan fingerprint density at radius 3 is 2.19 bits per heavy atom. The van der Waals surface area contributed by atoms with Crippen LogP contribution in [-0.2, 0) is 5.41 Å². The van der Waals surface area contributed by atoms with Gasteiger partial charge in [-0.1, -0.05) is 98.8 Å². The first kappa shape index (κ1) is 17.8. The van der Waals surface area contributed by atoms with E-state index in [1.165, 1.54) is 60.5 Å². The summed E-state index contributed by atoms with van der Waals surface area (Å²) in [4.78, 5) is 0. The van der Waals surface area contributed by atoms with Gasteiger partial charge in [-0.05, 0) is 45.8 Å². The number of hydrogen-bond acceptors (Lipinski definition) is 0. The zero-order valence-electron chi connectivity index (χ0n) is 18.3. The van der Waals surface area contributed by atoms with Crippen LogP contribution in [0, 0.1) is 0 Å². The van der Waals surface area contributed by atoms with Gasteiger partial charge in [-0.15, -0.1) is 0 Å². The van der Waals surface area contributed by atoms with E-state index in [1.807, 2.05) is 0 Å². The third kappa shape index (κ3) is 2.13. The van der Waals surface area contributed by atoms with Gasteiger partial charge in [-0.25, -0.2) is 0 Å². The SMILES string of the molecule is CC1(C)c2ccccc2-c2c1ccc1c2c2ccccc2n1-c1cccc2ccccc12. The van der Waals surface area contributed by atoms with Crippen LogP contribution in [0.4, 0.5) is 0 Å². The van der Waals surface area contributed by atoms with Crippen molar-refractivity contribution in [1.82, 2.24) is 4.57 Å². The second-order valence-electron chi connectivity index (χ2n) is 9.40. The monoisotopic (exact) mass is 409 g/mol. The minimum absolute atomic E-state index is 0.00274. The molecular weight excluding hydrogens is 386 g/mol. The molecule has 0 aliphatic heterocycles. The van der Waals surface area contributed by atoms with Gasteiger partial charge in [0.2, 0.25) is 0 Å². The number of benzene rings is 5. The minimum Gasteiger partial charge on any atom is -0.309 e. The first-order chi connectivity index (χ1) is 15.7. The maximum atomic E-state index is 2.46. The van der Waals surface area contributed by atoms with Gasteiger partial charge >= 0.3 is 0 Å². The number of fused-ring (bicyclic) bond motifs is 8. The van der Waals surface area contributed by atoms with E-state index in [-0.39, 0.29) is 5.41 Å². The van der Waals surface area contributed by atoms with Crippen molar-refractivity contribution >= 4 is 32.6 Å². The summed E-state index contributed by atoms with van der Waals surface area (Å²) < 4.78 is 2.46. The lowest BCUT2D eigenvalue weighted by Gasteiger charge is -2.21. The highest BCUT2D eigenvalue weighted by molar-refractivity contribution is 6.18. The first-order valence-corrected chi connectivity index (χ1v) is 11.3. The van der Waals surface area contributed by atoms with E-state index in [4.69, 9.17) is 0 Å². The Hall–Kier alpha value is -3.84. The normalized spacial score (nSPS) is 14.2. The number of rotatable bonds is 1. The third-order valence-electron chi connectivity index (χ3n) is 7.39. The molecule has 0 spiro atoms. The molecule has 7 rings (SSSR count). The fourth-order valence-corrected chi connectivity index (χ4v) is 5.92. The van der Waals surface area contributed by atoms with Crippen LogP contribution in [-0.4, -0.2) is 4.57 Å². The molecule has 0 saturated heterocycles. The van der Waals surface area contributed by atoms with Gasteiger partial charge < -0.3 is 4.57 Å². The number of aromatic nitrogens is 1. The number of hydrogen-bond donors (Lipinski definition) is 0. The molecule has 0 saturated carbocycles. The summed E-state index contributed by atoms with van der Waals surface area (Å²) in [6.45, 7) is 4.71. The van der Waals surface area contributed by atoms with Crippen LogP contribution in [0.15, 0.2) is 103 Å². The lowest BCUT2D eigenvalue weighted by Crippen LogP contribution is -2.14. The molecule has 5 aromatic carbocycles. The molecule has 6 aromatic rings. The maximum absolute atomic E-state index is 2.46. The van der Waals surface area contributed by atoms with E-state index in [1.54, 1.807) is 0 Å². The fourth-order valence-electron chi connectivity index (χ4n) is 5.92. The van der Waals surface area contributed by atoms with Crippen molar-refractivity contribution in [3.63, 3.8) is 0 Å². The molecule has 0 radical (unpaired) electrons. The summed E-state index contributed by atoms with van der Waals surface area (Å²) in [6.07, 6.45) is 0. The smallest absolute Gasteiger partial charge is 0.0547 e. The average Bonchev–Trinajstić information content (AvgIpc) is 3.28. The Bertz CT molecular complexity index is 1690. The lowest BCUT2D eigenvalue weighted by molar-refractivity contribution is 0.661. The van der Waals surface area contributed by atoms with E-state index in [2.05, 4.69) is 122 Å². The van der Waals surface area contributed by atoms with E-state index >= 15 is 0 Å². The Morgan fingerprint density at radius 2 is 1.28 bits per heavy atom. The Labute approximate surface area is 187 Å². The zero-order chi connectivity index (χ0) is 21.4. The minimum atomic E-state index is 0.00274. The van der Waals surface area contributed by atoms with E-state index in [0.717, 1.165) is 0 Å². The van der Waals surface area contributed by atoms with Crippen LogP contribution >= 0.6 is 0 Å². The molecule has 0 bridgehead atoms. The van der Waals surface area contributed by atoms with Gasteiger partial charge in [0, 0.05) is 21.6 Å². The highest BCUT2D eigenvalue weighted by atomic mass is 15.0. The predicted octanol–water partition coefficient (Wildman–Crippen LogP) is 8.24. The quantitative estimate of drug-likeness (QED) is 0.258. The maximum Gasteiger partial charge on any atom is 0.0547 e. The van der Waals surface area contributed by atoms with Crippen LogP contribution in [0.2, 0.25) is 0 Å². The summed E-state index contributed by atoms with van der Waals surface area (Å²) in [5.41, 5.74) is 9.39. The van der Waals surface area contributed by atoms with E-state index < -0.39 is 0 Å². The molecular formula is C31H23N. The first-order valence-electron chi connectivity index (χ1n) is 11.3. The largest absolute Gasteiger partial charge is 0.309 e. The average molecular weight is 410 g/mol. The number of nitrogens with zero attached hydrogens (tertiary/aromatic N) is 1. The van der Waals surface area contributed by atoms with Crippen LogP contribution in [0.3, 0.4) is 0 Å². The molecule has 1 nitrogen and oxygen atoms in total. The van der Waals surface area contributed by atoms with Gasteiger partial charge in [0.25, 0.3) is 0 Å². The highest BCUT2D eigenvalue weighted by Crippen LogP contribution is 2.53. The third-order valence-corrected chi connectivity index (χ3v) is 7.39. The predicted molar refractivity (Wildman–Crippen MR) is 136 cm³/mol. The highest BCUT2D eigenvalue weighted by Gasteiger charge is 2.37. The second kappa shape index (κ2) is 6.11. The second-order valence-corrected chi connectivity index (χ2v) is 9.40. The molecule has 0 N–H and O–H groups in total. The molecule has 1 heterocycles. The molecule has 0 amide bonds. The van der Waals surface area contributed by atoms with Gasteiger partial charge in [-0.3, -0.25) is 0 Å². The Kier molecular flexibility index (Phi) is 3.40. The van der Waals surface area contributed by atoms with Crippen molar-refractivity contribution in [1.29, 1.82) is 0 Å². The van der Waals surface area contributed by atoms with Crippen molar-refractivity contribution in [3.05, 3.63) is 114 Å². The molecule has 1 aliphatic carbocycles. The van der Waals surface area contributed by atoms with E-state index in [0.29, 0.717) is 0 Å². The van der Waals surface area contributed by atoms with Crippen molar-refractivity contribution in [2.45, 2.75) is 19.3 Å². The van der Waals surface area contributed by atoms with Crippen LogP contribution in [0.5, 0.6) is 0 Å². The Balaban J connectivity index is 1.70. The summed E-state index contributed by atoms with van der Waals surface area (Å²) in [5, 5.41) is 5.23. The van der Waals surface area contributed by atoms with Crippen LogP contribution < -0.4 is 0 Å². The van der Waals surface area contributed by atoms with E-state index in [9.17, 15) is 0 Å². The van der Waals surface area contributed by atoms with Gasteiger partial charge in [0.05, 0.1) is 16.7 Å². The zero-order valence-corrected chi connectivity index (χ0v) is 18.3. The molecule has 0 fully saturated rings. The molecule has 1 aromatic heterocycles. The van der Waals surface area contributed by atoms with Gasteiger partial charge in [0.1, 0.15) is 0 Å². The molecule has 152 valence electrons. The lowest BCUT2D eigenvalue weighted by atomic mass is 9.82. The van der Waals surface area contributed by atoms with Crippen molar-refractivity contribution in [2.24, 2.45) is 0 Å². The van der Waals surface area contributed by atoms with Gasteiger partial charge in [-0.2, -0.15) is 0 Å². The van der Waals surface area contributed by atoms with Crippen LogP contribution in [0.1, 0.15) is 25.0 Å². The standard InChI is InChI=1S/C31H23N/c1-31(2)24-15-7-5-13-22(24)29-25(31)18-19-28-30(29)23-14-6-8-16-27(23)32(28)26-17-9-11-20-10-3-4-12-21(20)26/h3-19H,1-2H3. The summed E-state index contributed by atoms with van der Waals surface area (Å²) in [6, 6.07) is 37.8. The molecule has 32 heavy (non-hydrogen) atoms. The molecule has 0 atom stereocenters. The van der Waals surface area contributed by atoms with Crippen molar-refractivity contribution in [2.75, 3.05) is 0 Å².